The smallest absolute Gasteiger partial charge is 0.416 e. The number of benzene rings is 1. The number of carbonyl (C=O) groups excluding carboxylic acids is 1. The number of nitrogens with two attached hydrogens (primary N) is 1. The van der Waals surface area contributed by atoms with Gasteiger partial charge in [0.25, 0.3) is 0 Å². The number of nitrogens with zero attached hydrogens (tertiary/aromatic N) is 1. The van der Waals surface area contributed by atoms with Crippen LogP contribution in [0.5, 0.6) is 5.75 Å². The molecule has 1 heterocycles. The van der Waals surface area contributed by atoms with E-state index in [1.165, 1.54) is 12.1 Å². The van der Waals surface area contributed by atoms with Crippen LogP contribution in [-0.2, 0) is 11.0 Å². The summed E-state index contributed by atoms with van der Waals surface area (Å²) in [5, 5.41) is 0. The number of rotatable bonds is 3. The Balaban J connectivity index is 1.52. The summed E-state index contributed by atoms with van der Waals surface area (Å²) in [5.74, 6) is 0.405. The van der Waals surface area contributed by atoms with Crippen molar-refractivity contribution in [3.8, 4) is 5.75 Å². The second-order valence-corrected chi connectivity index (χ2v) is 6.94. The molecule has 2 fully saturated rings. The number of ether oxygens (including phenoxy) is 1. The molecule has 0 radical (unpaired) electrons. The first kappa shape index (κ1) is 18.0. The maximum atomic E-state index is 12.8. The maximum Gasteiger partial charge on any atom is 0.416 e. The second-order valence-electron chi connectivity index (χ2n) is 6.94. The summed E-state index contributed by atoms with van der Waals surface area (Å²) in [6, 6.07) is 5.06. The first-order chi connectivity index (χ1) is 11.8. The van der Waals surface area contributed by atoms with E-state index in [9.17, 15) is 18.0 Å². The van der Waals surface area contributed by atoms with Crippen LogP contribution < -0.4 is 10.5 Å². The Hall–Kier alpha value is -1.76. The Morgan fingerprint density at radius 3 is 2.48 bits per heavy atom. The standard InChI is InChI=1S/C18H23F3N2O2/c19-18(20,21)13-2-1-3-16(11-13)25-15-6-8-23(9-7-15)17(24)12-4-5-14(22)10-12/h1-3,11-12,14-15H,4-10,22H2/t12-,14+/m0/s1. The number of likely N-dealkylation sites (tertiary alicyclic amines) is 1. The van der Waals surface area contributed by atoms with Crippen molar-refractivity contribution in [2.24, 2.45) is 11.7 Å². The van der Waals surface area contributed by atoms with E-state index in [0.717, 1.165) is 31.4 Å². The first-order valence-corrected chi connectivity index (χ1v) is 8.71. The Bertz CT molecular complexity index is 613. The van der Waals surface area contributed by atoms with Crippen molar-refractivity contribution in [3.63, 3.8) is 0 Å². The monoisotopic (exact) mass is 356 g/mol. The fourth-order valence-corrected chi connectivity index (χ4v) is 3.63. The number of hydrogen-bond donors (Lipinski definition) is 1. The van der Waals surface area contributed by atoms with Crippen LogP contribution in [0.3, 0.4) is 0 Å². The highest BCUT2D eigenvalue weighted by molar-refractivity contribution is 5.79. The Morgan fingerprint density at radius 2 is 1.88 bits per heavy atom. The van der Waals surface area contributed by atoms with Crippen molar-refractivity contribution < 1.29 is 22.7 Å². The zero-order chi connectivity index (χ0) is 18.0. The van der Waals surface area contributed by atoms with E-state index < -0.39 is 11.7 Å². The van der Waals surface area contributed by atoms with Crippen LogP contribution in [0.1, 0.15) is 37.7 Å². The molecule has 2 N–H and O–H groups in total. The third kappa shape index (κ3) is 4.45. The lowest BCUT2D eigenvalue weighted by Gasteiger charge is -2.33. The van der Waals surface area contributed by atoms with Crippen LogP contribution in [0, 0.1) is 5.92 Å². The molecule has 3 rings (SSSR count). The third-order valence-corrected chi connectivity index (χ3v) is 5.04. The van der Waals surface area contributed by atoms with Crippen LogP contribution in [0.25, 0.3) is 0 Å². The minimum Gasteiger partial charge on any atom is -0.490 e. The van der Waals surface area contributed by atoms with Crippen molar-refractivity contribution in [2.45, 2.75) is 50.4 Å². The molecule has 2 aliphatic rings. The van der Waals surface area contributed by atoms with E-state index in [0.29, 0.717) is 25.9 Å². The molecular weight excluding hydrogens is 333 g/mol. The molecule has 1 aliphatic carbocycles. The van der Waals surface area contributed by atoms with Gasteiger partial charge in [-0.2, -0.15) is 13.2 Å². The average Bonchev–Trinajstić information content (AvgIpc) is 3.01. The van der Waals surface area contributed by atoms with Gasteiger partial charge in [0, 0.05) is 37.9 Å². The van der Waals surface area contributed by atoms with Gasteiger partial charge in [0.15, 0.2) is 0 Å². The van der Waals surface area contributed by atoms with Crippen molar-refractivity contribution in [1.29, 1.82) is 0 Å². The lowest BCUT2D eigenvalue weighted by atomic mass is 10.0. The van der Waals surface area contributed by atoms with Crippen molar-refractivity contribution in [2.75, 3.05) is 13.1 Å². The summed E-state index contributed by atoms with van der Waals surface area (Å²) in [6.45, 7) is 1.16. The Kier molecular flexibility index (Phi) is 5.22. The summed E-state index contributed by atoms with van der Waals surface area (Å²) in [7, 11) is 0. The van der Waals surface area contributed by atoms with E-state index in [1.54, 1.807) is 0 Å². The maximum absolute atomic E-state index is 12.8. The molecule has 2 atom stereocenters. The van der Waals surface area contributed by atoms with Gasteiger partial charge in [-0.05, 0) is 37.5 Å². The third-order valence-electron chi connectivity index (χ3n) is 5.04. The fraction of sp³-hybridized carbons (Fsp3) is 0.611. The van der Waals surface area contributed by atoms with Crippen molar-refractivity contribution in [3.05, 3.63) is 29.8 Å². The fourth-order valence-electron chi connectivity index (χ4n) is 3.63. The topological polar surface area (TPSA) is 55.6 Å². The normalized spacial score (nSPS) is 25.2. The summed E-state index contributed by atoms with van der Waals surface area (Å²) >= 11 is 0. The molecule has 138 valence electrons. The van der Waals surface area contributed by atoms with Gasteiger partial charge in [-0.25, -0.2) is 0 Å². The van der Waals surface area contributed by atoms with Crippen LogP contribution >= 0.6 is 0 Å². The lowest BCUT2D eigenvalue weighted by Crippen LogP contribution is -2.44. The molecule has 0 spiro atoms. The number of amides is 1. The molecule has 0 aromatic heterocycles. The quantitative estimate of drug-likeness (QED) is 0.905. The summed E-state index contributed by atoms with van der Waals surface area (Å²) in [4.78, 5) is 14.3. The largest absolute Gasteiger partial charge is 0.490 e. The minimum absolute atomic E-state index is 0.0240. The highest BCUT2D eigenvalue weighted by Gasteiger charge is 2.34. The molecule has 1 saturated carbocycles. The van der Waals surface area contributed by atoms with Gasteiger partial charge in [0.1, 0.15) is 11.9 Å². The number of carbonyl (C=O) groups is 1. The lowest BCUT2D eigenvalue weighted by molar-refractivity contribution is -0.138. The van der Waals surface area contributed by atoms with Crippen LogP contribution in [0.2, 0.25) is 0 Å². The predicted octanol–water partition coefficient (Wildman–Crippen LogP) is 3.20. The Labute approximate surface area is 145 Å². The summed E-state index contributed by atoms with van der Waals surface area (Å²) < 4.78 is 44.0. The van der Waals surface area contributed by atoms with Gasteiger partial charge in [-0.3, -0.25) is 4.79 Å². The average molecular weight is 356 g/mol. The van der Waals surface area contributed by atoms with Gasteiger partial charge in [0.2, 0.25) is 5.91 Å². The van der Waals surface area contributed by atoms with Gasteiger partial charge in [-0.15, -0.1) is 0 Å². The highest BCUT2D eigenvalue weighted by atomic mass is 19.4. The molecule has 25 heavy (non-hydrogen) atoms. The minimum atomic E-state index is -4.38. The molecule has 1 amide bonds. The van der Waals surface area contributed by atoms with Crippen LogP contribution in [0.4, 0.5) is 13.2 Å². The SMILES string of the molecule is N[C@@H]1CC[C@H](C(=O)N2CCC(Oc3cccc(C(F)(F)F)c3)CC2)C1. The molecule has 1 aliphatic heterocycles. The summed E-state index contributed by atoms with van der Waals surface area (Å²) in [5.41, 5.74) is 5.16. The van der Waals surface area contributed by atoms with Crippen LogP contribution in [0.15, 0.2) is 24.3 Å². The van der Waals surface area contributed by atoms with E-state index in [-0.39, 0.29) is 29.7 Å². The second kappa shape index (κ2) is 7.23. The predicted molar refractivity (Wildman–Crippen MR) is 87.0 cm³/mol. The van der Waals surface area contributed by atoms with E-state index in [4.69, 9.17) is 10.5 Å². The Morgan fingerprint density at radius 1 is 1.16 bits per heavy atom. The summed E-state index contributed by atoms with van der Waals surface area (Å²) in [6.07, 6.45) is -0.803. The number of hydrogen-bond acceptors (Lipinski definition) is 3. The molecule has 0 unspecified atom stereocenters. The van der Waals surface area contributed by atoms with E-state index in [2.05, 4.69) is 0 Å². The molecule has 0 bridgehead atoms. The zero-order valence-electron chi connectivity index (χ0n) is 14.0. The molecule has 1 aromatic carbocycles. The zero-order valence-corrected chi connectivity index (χ0v) is 14.0. The number of alkyl halides is 3. The molecule has 1 aromatic rings. The van der Waals surface area contributed by atoms with Gasteiger partial charge < -0.3 is 15.4 Å². The van der Waals surface area contributed by atoms with E-state index in [1.807, 2.05) is 4.90 Å². The molecular formula is C18H23F3N2O2. The number of halogens is 3. The van der Waals surface area contributed by atoms with Crippen molar-refractivity contribution >= 4 is 5.91 Å². The van der Waals surface area contributed by atoms with Crippen molar-refractivity contribution in [1.82, 2.24) is 4.90 Å². The number of piperidine rings is 1. The molecule has 1 saturated heterocycles. The first-order valence-electron chi connectivity index (χ1n) is 8.71. The van der Waals surface area contributed by atoms with Gasteiger partial charge in [-0.1, -0.05) is 6.07 Å². The highest BCUT2D eigenvalue weighted by Crippen LogP contribution is 2.32. The molecule has 7 heteroatoms. The van der Waals surface area contributed by atoms with E-state index >= 15 is 0 Å². The van der Waals surface area contributed by atoms with Gasteiger partial charge >= 0.3 is 6.18 Å². The van der Waals surface area contributed by atoms with Gasteiger partial charge in [0.05, 0.1) is 5.56 Å². The van der Waals surface area contributed by atoms with Crippen LogP contribution in [-0.4, -0.2) is 36.0 Å². The molecule has 4 nitrogen and oxygen atoms in total.